The first-order valence-corrected chi connectivity index (χ1v) is 13.3. The van der Waals surface area contributed by atoms with Crippen molar-refractivity contribution in [1.82, 2.24) is 5.32 Å². The Morgan fingerprint density at radius 2 is 1.50 bits per heavy atom. The third kappa shape index (κ3) is 10.6. The summed E-state index contributed by atoms with van der Waals surface area (Å²) in [6.45, 7) is 3.27. The lowest BCUT2D eigenvalue weighted by molar-refractivity contribution is 0.0291. The van der Waals surface area contributed by atoms with Gasteiger partial charge in [0.25, 0.3) is 0 Å². The summed E-state index contributed by atoms with van der Waals surface area (Å²) in [4.78, 5) is 12.7. The van der Waals surface area contributed by atoms with Crippen LogP contribution in [0.3, 0.4) is 0 Å². The van der Waals surface area contributed by atoms with Crippen LogP contribution in [-0.2, 0) is 27.2 Å². The summed E-state index contributed by atoms with van der Waals surface area (Å²) in [6, 6.07) is 24.2. The number of aromatic hydroxyl groups is 1. The largest absolute Gasteiger partial charge is 0.508 e. The minimum atomic E-state index is -0.579. The van der Waals surface area contributed by atoms with Gasteiger partial charge in [-0.2, -0.15) is 0 Å². The first-order chi connectivity index (χ1) is 18.7. The fourth-order valence-corrected chi connectivity index (χ4v) is 3.96. The highest BCUT2D eigenvalue weighted by Crippen LogP contribution is 2.25. The first kappa shape index (κ1) is 29.3. The molecule has 0 fully saturated rings. The zero-order valence-corrected chi connectivity index (χ0v) is 21.9. The minimum Gasteiger partial charge on any atom is -0.508 e. The Hall–Kier alpha value is -3.23. The maximum atomic E-state index is 12.7. The molecular weight excluding hydrogens is 482 g/mol. The molecule has 0 saturated carbocycles. The Kier molecular flexibility index (Phi) is 13.4. The van der Waals surface area contributed by atoms with E-state index in [1.54, 1.807) is 36.4 Å². The number of esters is 1. The fourth-order valence-electron chi connectivity index (χ4n) is 3.96. The number of nitrogens with one attached hydrogen (secondary N) is 1. The Bertz CT molecular complexity index is 1060. The summed E-state index contributed by atoms with van der Waals surface area (Å²) in [6.07, 6.45) is 3.45. The number of benzene rings is 3. The molecule has 0 bridgehead atoms. The number of phenols is 1. The van der Waals surface area contributed by atoms with E-state index in [4.69, 9.17) is 14.2 Å². The summed E-state index contributed by atoms with van der Waals surface area (Å²) in [5.74, 6) is -0.426. The predicted octanol–water partition coefficient (Wildman–Crippen LogP) is 4.82. The summed E-state index contributed by atoms with van der Waals surface area (Å²) in [7, 11) is 0. The van der Waals surface area contributed by atoms with Gasteiger partial charge in [0.05, 0.1) is 25.4 Å². The molecule has 0 heterocycles. The van der Waals surface area contributed by atoms with Crippen molar-refractivity contribution in [2.75, 3.05) is 39.5 Å². The third-order valence-corrected chi connectivity index (χ3v) is 6.10. The van der Waals surface area contributed by atoms with Gasteiger partial charge in [-0.25, -0.2) is 4.79 Å². The second-order valence-corrected chi connectivity index (χ2v) is 9.03. The molecule has 0 radical (unpaired) electrons. The predicted molar refractivity (Wildman–Crippen MR) is 147 cm³/mol. The second kappa shape index (κ2) is 17.3. The summed E-state index contributed by atoms with van der Waals surface area (Å²) in [5.41, 5.74) is 2.91. The van der Waals surface area contributed by atoms with Gasteiger partial charge in [0, 0.05) is 25.3 Å². The van der Waals surface area contributed by atoms with Crippen LogP contribution in [0.15, 0.2) is 78.9 Å². The summed E-state index contributed by atoms with van der Waals surface area (Å²) >= 11 is 0. The quantitative estimate of drug-likeness (QED) is 0.163. The van der Waals surface area contributed by atoms with E-state index in [-0.39, 0.29) is 12.4 Å². The number of hydrogen-bond acceptors (Lipinski definition) is 7. The monoisotopic (exact) mass is 521 g/mol. The van der Waals surface area contributed by atoms with E-state index in [2.05, 4.69) is 29.6 Å². The molecule has 3 aromatic carbocycles. The molecule has 0 aliphatic rings. The molecule has 0 aliphatic carbocycles. The number of aliphatic hydroxyl groups excluding tert-OH is 1. The van der Waals surface area contributed by atoms with E-state index in [0.717, 1.165) is 32.3 Å². The van der Waals surface area contributed by atoms with Gasteiger partial charge in [-0.15, -0.1) is 0 Å². The van der Waals surface area contributed by atoms with Gasteiger partial charge in [0.1, 0.15) is 11.9 Å². The van der Waals surface area contributed by atoms with Crippen LogP contribution in [0, 0.1) is 0 Å². The number of hydrogen-bond donors (Lipinski definition) is 3. The Morgan fingerprint density at radius 3 is 2.21 bits per heavy atom. The lowest BCUT2D eigenvalue weighted by Crippen LogP contribution is -2.27. The number of rotatable bonds is 18. The fraction of sp³-hybridized carbons (Fsp3) is 0.387. The van der Waals surface area contributed by atoms with Crippen LogP contribution in [0.25, 0.3) is 0 Å². The maximum Gasteiger partial charge on any atom is 0.338 e. The van der Waals surface area contributed by atoms with E-state index in [9.17, 15) is 15.0 Å². The molecule has 7 nitrogen and oxygen atoms in total. The first-order valence-electron chi connectivity index (χ1n) is 13.3. The highest BCUT2D eigenvalue weighted by Gasteiger charge is 2.19. The van der Waals surface area contributed by atoms with Crippen molar-refractivity contribution in [3.8, 4) is 5.75 Å². The molecule has 3 aromatic rings. The van der Waals surface area contributed by atoms with Gasteiger partial charge in [0.15, 0.2) is 0 Å². The van der Waals surface area contributed by atoms with Crippen molar-refractivity contribution < 1.29 is 29.2 Å². The summed E-state index contributed by atoms with van der Waals surface area (Å²) < 4.78 is 17.1. The van der Waals surface area contributed by atoms with Gasteiger partial charge in [0.2, 0.25) is 0 Å². The molecule has 1 atom stereocenters. The molecule has 0 spiro atoms. The average molecular weight is 522 g/mol. The minimum absolute atomic E-state index is 0.00524. The van der Waals surface area contributed by atoms with E-state index in [1.165, 1.54) is 11.6 Å². The van der Waals surface area contributed by atoms with Crippen LogP contribution in [-0.4, -0.2) is 55.7 Å². The zero-order valence-electron chi connectivity index (χ0n) is 21.9. The molecule has 0 aromatic heterocycles. The number of aliphatic hydroxyl groups is 1. The number of carbonyl (C=O) groups excluding carboxylic acids is 1. The van der Waals surface area contributed by atoms with Crippen molar-refractivity contribution in [3.05, 3.63) is 101 Å². The lowest BCUT2D eigenvalue weighted by Gasteiger charge is -2.20. The van der Waals surface area contributed by atoms with E-state index in [0.29, 0.717) is 49.6 Å². The highest BCUT2D eigenvalue weighted by atomic mass is 16.5. The molecule has 0 amide bonds. The molecule has 204 valence electrons. The molecule has 7 heteroatoms. The van der Waals surface area contributed by atoms with Crippen molar-refractivity contribution in [2.45, 2.75) is 38.4 Å². The summed E-state index contributed by atoms with van der Waals surface area (Å²) in [5, 5.41) is 22.7. The highest BCUT2D eigenvalue weighted by molar-refractivity contribution is 5.89. The molecule has 38 heavy (non-hydrogen) atoms. The van der Waals surface area contributed by atoms with Crippen LogP contribution in [0.4, 0.5) is 0 Å². The average Bonchev–Trinajstić information content (AvgIpc) is 2.96. The van der Waals surface area contributed by atoms with Crippen molar-refractivity contribution in [2.24, 2.45) is 0 Å². The number of unbranched alkanes of at least 4 members (excludes halogenated alkanes) is 1. The molecule has 3 rings (SSSR count). The van der Waals surface area contributed by atoms with E-state index in [1.807, 2.05) is 12.1 Å². The van der Waals surface area contributed by atoms with Crippen LogP contribution >= 0.6 is 0 Å². The smallest absolute Gasteiger partial charge is 0.338 e. The Labute approximate surface area is 225 Å². The number of ether oxygens (including phenoxy) is 3. The van der Waals surface area contributed by atoms with Crippen LogP contribution in [0.5, 0.6) is 5.75 Å². The lowest BCUT2D eigenvalue weighted by atomic mass is 10.0. The zero-order chi connectivity index (χ0) is 26.8. The van der Waals surface area contributed by atoms with Crippen molar-refractivity contribution >= 4 is 5.97 Å². The van der Waals surface area contributed by atoms with Gasteiger partial charge in [-0.1, -0.05) is 54.6 Å². The Morgan fingerprint density at radius 1 is 0.816 bits per heavy atom. The van der Waals surface area contributed by atoms with E-state index >= 15 is 0 Å². The van der Waals surface area contributed by atoms with Crippen LogP contribution in [0.2, 0.25) is 0 Å². The van der Waals surface area contributed by atoms with Crippen molar-refractivity contribution in [3.63, 3.8) is 0 Å². The van der Waals surface area contributed by atoms with Crippen LogP contribution < -0.4 is 5.32 Å². The van der Waals surface area contributed by atoms with Gasteiger partial charge < -0.3 is 29.7 Å². The SMILES string of the molecule is O=C(OC(CNCCCOCCOCCCCc1ccccc1)c1ccc(O)c(CO)c1)c1ccccc1. The normalized spacial score (nSPS) is 11.8. The second-order valence-electron chi connectivity index (χ2n) is 9.03. The van der Waals surface area contributed by atoms with E-state index < -0.39 is 12.1 Å². The van der Waals surface area contributed by atoms with Gasteiger partial charge >= 0.3 is 5.97 Å². The van der Waals surface area contributed by atoms with Crippen molar-refractivity contribution in [1.29, 1.82) is 0 Å². The molecule has 0 aliphatic heterocycles. The topological polar surface area (TPSA) is 97.3 Å². The van der Waals surface area contributed by atoms with Crippen LogP contribution in [0.1, 0.15) is 52.4 Å². The third-order valence-electron chi connectivity index (χ3n) is 6.10. The molecule has 1 unspecified atom stereocenters. The maximum absolute atomic E-state index is 12.7. The van der Waals surface area contributed by atoms with Gasteiger partial charge in [-0.05, 0) is 67.6 Å². The molecule has 0 saturated heterocycles. The molecule has 3 N–H and O–H groups in total. The molecular formula is C31H39NO6. The Balaban J connectivity index is 1.30. The number of carbonyl (C=O) groups is 1. The van der Waals surface area contributed by atoms with Gasteiger partial charge in [-0.3, -0.25) is 0 Å². The number of aryl methyl sites for hydroxylation is 1. The standard InChI is InChI=1S/C31H39NO6/c33-24-28-22-27(15-16-29(28)34)30(38-31(35)26-13-5-2-6-14-26)23-32-17-9-19-37-21-20-36-18-8-7-12-25-10-3-1-4-11-25/h1-6,10-11,13-16,22,30,32-34H,7-9,12,17-21,23-24H2.